The van der Waals surface area contributed by atoms with E-state index in [1.165, 1.54) is 10.6 Å². The number of amides is 1. The van der Waals surface area contributed by atoms with Gasteiger partial charge in [-0.15, -0.1) is 0 Å². The molecule has 0 saturated carbocycles. The molecule has 1 aromatic heterocycles. The average Bonchev–Trinajstić information content (AvgIpc) is 2.54. The summed E-state index contributed by atoms with van der Waals surface area (Å²) >= 11 is 0. The minimum absolute atomic E-state index is 0.138. The van der Waals surface area contributed by atoms with E-state index in [4.69, 9.17) is 11.5 Å². The molecule has 6 heteroatoms. The van der Waals surface area contributed by atoms with Gasteiger partial charge in [-0.05, 0) is 32.4 Å². The Kier molecular flexibility index (Phi) is 2.53. The molecule has 96 valence electrons. The minimum Gasteiger partial charge on any atom is -0.369 e. The van der Waals surface area contributed by atoms with E-state index in [0.717, 1.165) is 0 Å². The van der Waals surface area contributed by atoms with Gasteiger partial charge in [-0.3, -0.25) is 9.36 Å². The highest BCUT2D eigenvalue weighted by Crippen LogP contribution is 2.28. The maximum atomic E-state index is 13.5. The predicted octanol–water partition coefficient (Wildman–Crippen LogP) is 1.29. The van der Waals surface area contributed by atoms with Crippen LogP contribution in [-0.4, -0.2) is 15.5 Å². The lowest BCUT2D eigenvalue weighted by Crippen LogP contribution is -2.41. The van der Waals surface area contributed by atoms with Crippen molar-refractivity contribution in [1.29, 1.82) is 0 Å². The Morgan fingerprint density at radius 2 is 2.06 bits per heavy atom. The van der Waals surface area contributed by atoms with Gasteiger partial charge in [0.1, 0.15) is 11.4 Å². The average molecular weight is 250 g/mol. The lowest BCUT2D eigenvalue weighted by Gasteiger charge is -2.24. The summed E-state index contributed by atoms with van der Waals surface area (Å²) in [5.41, 5.74) is 11.6. The molecule has 0 saturated heterocycles. The van der Waals surface area contributed by atoms with Crippen LogP contribution < -0.4 is 11.5 Å². The quantitative estimate of drug-likeness (QED) is 0.841. The fourth-order valence-corrected chi connectivity index (χ4v) is 1.92. The van der Waals surface area contributed by atoms with E-state index in [1.807, 2.05) is 0 Å². The second kappa shape index (κ2) is 3.69. The highest BCUT2D eigenvalue weighted by molar-refractivity contribution is 5.87. The van der Waals surface area contributed by atoms with Crippen LogP contribution >= 0.6 is 0 Å². The standard InChI is InChI=1S/C12H15FN4O/c1-6-4-9-8(5-7(6)13)16-11(15)17(9)12(2,3)10(14)18/h4-5H,1-3H3,(H2,14,18)(H2,15,16). The number of fused-ring (bicyclic) bond motifs is 1. The van der Waals surface area contributed by atoms with Crippen LogP contribution in [0, 0.1) is 12.7 Å². The minimum atomic E-state index is -1.02. The van der Waals surface area contributed by atoms with Gasteiger partial charge in [0.2, 0.25) is 11.9 Å². The van der Waals surface area contributed by atoms with Gasteiger partial charge in [-0.25, -0.2) is 9.37 Å². The number of primary amides is 1. The first-order valence-corrected chi connectivity index (χ1v) is 5.49. The molecule has 0 fully saturated rings. The van der Waals surface area contributed by atoms with Gasteiger partial charge < -0.3 is 11.5 Å². The maximum absolute atomic E-state index is 13.5. The predicted molar refractivity (Wildman–Crippen MR) is 67.4 cm³/mol. The lowest BCUT2D eigenvalue weighted by molar-refractivity contribution is -0.124. The van der Waals surface area contributed by atoms with E-state index in [0.29, 0.717) is 16.6 Å². The molecule has 1 amide bonds. The molecule has 2 aromatic rings. The number of nitrogen functional groups attached to an aromatic ring is 1. The number of anilines is 1. The second-order valence-corrected chi connectivity index (χ2v) is 4.82. The number of benzene rings is 1. The molecular weight excluding hydrogens is 235 g/mol. The van der Waals surface area contributed by atoms with Crippen molar-refractivity contribution < 1.29 is 9.18 Å². The SMILES string of the molecule is Cc1cc2c(cc1F)nc(N)n2C(C)(C)C(N)=O. The molecule has 0 atom stereocenters. The fourth-order valence-electron chi connectivity index (χ4n) is 1.92. The number of nitrogens with two attached hydrogens (primary N) is 2. The zero-order valence-corrected chi connectivity index (χ0v) is 10.5. The van der Waals surface area contributed by atoms with E-state index in [1.54, 1.807) is 26.8 Å². The third-order valence-electron chi connectivity index (χ3n) is 3.12. The van der Waals surface area contributed by atoms with Crippen molar-refractivity contribution in [3.8, 4) is 0 Å². The van der Waals surface area contributed by atoms with Crippen molar-refractivity contribution >= 4 is 22.9 Å². The molecular formula is C12H15FN4O. The lowest BCUT2D eigenvalue weighted by atomic mass is 10.0. The van der Waals surface area contributed by atoms with Crippen LogP contribution in [0.3, 0.4) is 0 Å². The number of carbonyl (C=O) groups is 1. The maximum Gasteiger partial charge on any atom is 0.243 e. The zero-order chi connectivity index (χ0) is 13.7. The van der Waals surface area contributed by atoms with E-state index in [9.17, 15) is 9.18 Å². The molecule has 0 radical (unpaired) electrons. The van der Waals surface area contributed by atoms with Gasteiger partial charge in [0.15, 0.2) is 0 Å². The number of rotatable bonds is 2. The normalized spacial score (nSPS) is 12.0. The second-order valence-electron chi connectivity index (χ2n) is 4.82. The third kappa shape index (κ3) is 1.61. The number of imidazole rings is 1. The van der Waals surface area contributed by atoms with E-state index >= 15 is 0 Å². The first kappa shape index (κ1) is 12.3. The summed E-state index contributed by atoms with van der Waals surface area (Å²) in [6.07, 6.45) is 0. The smallest absolute Gasteiger partial charge is 0.243 e. The molecule has 5 nitrogen and oxygen atoms in total. The Balaban J connectivity index is 2.83. The summed E-state index contributed by atoms with van der Waals surface area (Å²) in [5.74, 6) is -0.752. The molecule has 0 aliphatic heterocycles. The molecule has 0 aliphatic rings. The third-order valence-corrected chi connectivity index (χ3v) is 3.12. The van der Waals surface area contributed by atoms with Crippen molar-refractivity contribution in [2.24, 2.45) is 5.73 Å². The van der Waals surface area contributed by atoms with Gasteiger partial charge >= 0.3 is 0 Å². The van der Waals surface area contributed by atoms with E-state index in [-0.39, 0.29) is 11.8 Å². The van der Waals surface area contributed by atoms with Crippen LogP contribution in [0.15, 0.2) is 12.1 Å². The van der Waals surface area contributed by atoms with Crippen molar-refractivity contribution in [2.45, 2.75) is 26.3 Å². The highest BCUT2D eigenvalue weighted by Gasteiger charge is 2.31. The van der Waals surface area contributed by atoms with E-state index < -0.39 is 11.4 Å². The number of hydrogen-bond donors (Lipinski definition) is 2. The summed E-state index contributed by atoms with van der Waals surface area (Å²) in [4.78, 5) is 15.6. The van der Waals surface area contributed by atoms with Crippen molar-refractivity contribution in [2.75, 3.05) is 5.73 Å². The molecule has 1 heterocycles. The summed E-state index contributed by atoms with van der Waals surface area (Å²) in [7, 11) is 0. The van der Waals surface area contributed by atoms with Gasteiger partial charge in [-0.2, -0.15) is 0 Å². The summed E-state index contributed by atoms with van der Waals surface area (Å²) < 4.78 is 15.0. The van der Waals surface area contributed by atoms with Crippen LogP contribution in [0.25, 0.3) is 11.0 Å². The zero-order valence-electron chi connectivity index (χ0n) is 10.5. The molecule has 1 aromatic carbocycles. The van der Waals surface area contributed by atoms with Gasteiger partial charge in [0.05, 0.1) is 11.0 Å². The molecule has 0 spiro atoms. The van der Waals surface area contributed by atoms with Gasteiger partial charge in [0, 0.05) is 6.07 Å². The van der Waals surface area contributed by atoms with Crippen LogP contribution in [0.5, 0.6) is 0 Å². The Labute approximate surface area is 104 Å². The van der Waals surface area contributed by atoms with Crippen LogP contribution in [0.4, 0.5) is 10.3 Å². The Hall–Kier alpha value is -2.11. The molecule has 0 bridgehead atoms. The first-order chi connectivity index (χ1) is 8.25. The fraction of sp³-hybridized carbons (Fsp3) is 0.333. The number of carbonyl (C=O) groups excluding carboxylic acids is 1. The molecule has 0 unspecified atom stereocenters. The van der Waals surface area contributed by atoms with Gasteiger partial charge in [-0.1, -0.05) is 0 Å². The van der Waals surface area contributed by atoms with Crippen LogP contribution in [0.2, 0.25) is 0 Å². The summed E-state index contributed by atoms with van der Waals surface area (Å²) in [6.45, 7) is 4.93. The largest absolute Gasteiger partial charge is 0.369 e. The van der Waals surface area contributed by atoms with Crippen molar-refractivity contribution in [3.05, 3.63) is 23.5 Å². The van der Waals surface area contributed by atoms with Crippen molar-refractivity contribution in [3.63, 3.8) is 0 Å². The number of aromatic nitrogens is 2. The number of halogens is 1. The van der Waals surface area contributed by atoms with E-state index in [2.05, 4.69) is 4.98 Å². The molecule has 18 heavy (non-hydrogen) atoms. The van der Waals surface area contributed by atoms with Crippen LogP contribution in [0.1, 0.15) is 19.4 Å². The molecule has 4 N–H and O–H groups in total. The monoisotopic (exact) mass is 250 g/mol. The highest BCUT2D eigenvalue weighted by atomic mass is 19.1. The first-order valence-electron chi connectivity index (χ1n) is 5.49. The molecule has 0 aliphatic carbocycles. The number of hydrogen-bond acceptors (Lipinski definition) is 3. The van der Waals surface area contributed by atoms with Crippen LogP contribution in [-0.2, 0) is 10.3 Å². The topological polar surface area (TPSA) is 86.9 Å². The summed E-state index contributed by atoms with van der Waals surface area (Å²) in [5, 5.41) is 0. The summed E-state index contributed by atoms with van der Waals surface area (Å²) in [6, 6.07) is 2.91. The Morgan fingerprint density at radius 3 is 2.61 bits per heavy atom. The number of aryl methyl sites for hydroxylation is 1. The van der Waals surface area contributed by atoms with Crippen molar-refractivity contribution in [1.82, 2.24) is 9.55 Å². The Morgan fingerprint density at radius 1 is 1.44 bits per heavy atom. The van der Waals surface area contributed by atoms with Gasteiger partial charge in [0.25, 0.3) is 0 Å². The Bertz CT molecular complexity index is 645. The molecule has 2 rings (SSSR count). The number of nitrogens with zero attached hydrogens (tertiary/aromatic N) is 2.